The smallest absolute Gasteiger partial charge is 0.241 e. The first-order valence-corrected chi connectivity index (χ1v) is 8.84. The molecule has 1 amide bonds. The number of anilines is 1. The molecule has 2 atom stereocenters. The summed E-state index contributed by atoms with van der Waals surface area (Å²) in [4.78, 5) is 17.0. The number of nitrogens with zero attached hydrogens (tertiary/aromatic N) is 2. The van der Waals surface area contributed by atoms with Gasteiger partial charge >= 0.3 is 0 Å². The van der Waals surface area contributed by atoms with Crippen molar-refractivity contribution in [2.45, 2.75) is 26.3 Å². The monoisotopic (exact) mass is 357 g/mol. The zero-order valence-electron chi connectivity index (χ0n) is 14.0. The van der Waals surface area contributed by atoms with Crippen molar-refractivity contribution >= 4 is 34.8 Å². The van der Waals surface area contributed by atoms with Crippen molar-refractivity contribution in [1.29, 1.82) is 0 Å². The van der Waals surface area contributed by atoms with Crippen molar-refractivity contribution in [3.05, 3.63) is 28.2 Å². The summed E-state index contributed by atoms with van der Waals surface area (Å²) in [6.07, 6.45) is 1.14. The quantitative estimate of drug-likeness (QED) is 0.844. The Morgan fingerprint density at radius 1 is 1.48 bits per heavy atom. The van der Waals surface area contributed by atoms with Gasteiger partial charge in [0, 0.05) is 18.1 Å². The van der Waals surface area contributed by atoms with Crippen LogP contribution in [0.4, 0.5) is 5.69 Å². The fourth-order valence-electron chi connectivity index (χ4n) is 2.93. The van der Waals surface area contributed by atoms with Crippen molar-refractivity contribution in [2.75, 3.05) is 38.5 Å². The van der Waals surface area contributed by atoms with E-state index in [4.69, 9.17) is 23.2 Å². The molecule has 23 heavy (non-hydrogen) atoms. The molecule has 1 N–H and O–H groups in total. The summed E-state index contributed by atoms with van der Waals surface area (Å²) in [6.45, 7) is 8.17. The Bertz CT molecular complexity index is 553. The maximum atomic E-state index is 12.5. The molecular weight excluding hydrogens is 333 g/mol. The van der Waals surface area contributed by atoms with E-state index < -0.39 is 0 Å². The lowest BCUT2D eigenvalue weighted by Gasteiger charge is -2.24. The molecule has 0 spiro atoms. The molecular formula is C17H25Cl2N3O. The Morgan fingerprint density at radius 3 is 2.91 bits per heavy atom. The molecule has 2 unspecified atom stereocenters. The number of carbonyl (C=O) groups is 1. The van der Waals surface area contributed by atoms with Gasteiger partial charge in [0.2, 0.25) is 5.91 Å². The molecule has 1 heterocycles. The zero-order chi connectivity index (χ0) is 17.0. The van der Waals surface area contributed by atoms with Crippen LogP contribution in [0, 0.1) is 5.92 Å². The Balaban J connectivity index is 1.91. The molecule has 2 rings (SSSR count). The molecule has 1 aliphatic heterocycles. The van der Waals surface area contributed by atoms with E-state index in [0.29, 0.717) is 21.7 Å². The minimum atomic E-state index is -0.179. The zero-order valence-corrected chi connectivity index (χ0v) is 15.5. The summed E-state index contributed by atoms with van der Waals surface area (Å²) >= 11 is 12.1. The highest BCUT2D eigenvalue weighted by atomic mass is 35.5. The lowest BCUT2D eigenvalue weighted by atomic mass is 10.1. The van der Waals surface area contributed by atoms with E-state index >= 15 is 0 Å². The van der Waals surface area contributed by atoms with Gasteiger partial charge in [0.15, 0.2) is 0 Å². The third-order valence-corrected chi connectivity index (χ3v) is 5.11. The number of amides is 1. The largest absolute Gasteiger partial charge is 0.323 e. The van der Waals surface area contributed by atoms with Crippen LogP contribution in [-0.2, 0) is 4.79 Å². The van der Waals surface area contributed by atoms with Gasteiger partial charge in [-0.3, -0.25) is 9.69 Å². The number of likely N-dealkylation sites (tertiary alicyclic amines) is 1. The number of halogens is 2. The molecule has 0 saturated carbocycles. The summed E-state index contributed by atoms with van der Waals surface area (Å²) in [5.41, 5.74) is 0.567. The summed E-state index contributed by atoms with van der Waals surface area (Å²) in [5.74, 6) is 0.587. The molecule has 1 aromatic rings. The Labute approximate surface area is 148 Å². The number of rotatable bonds is 6. The first-order valence-electron chi connectivity index (χ1n) is 8.09. The normalized spacial score (nSPS) is 20.0. The first kappa shape index (κ1) is 18.5. The second-order valence-electron chi connectivity index (χ2n) is 6.29. The van der Waals surface area contributed by atoms with Crippen LogP contribution in [0.5, 0.6) is 0 Å². The first-order chi connectivity index (χ1) is 10.9. The lowest BCUT2D eigenvalue weighted by Crippen LogP contribution is -2.41. The predicted octanol–water partition coefficient (Wildman–Crippen LogP) is 3.59. The summed E-state index contributed by atoms with van der Waals surface area (Å²) in [7, 11) is 2.14. The second kappa shape index (κ2) is 8.34. The van der Waals surface area contributed by atoms with Crippen LogP contribution >= 0.6 is 23.2 Å². The van der Waals surface area contributed by atoms with Gasteiger partial charge in [0.05, 0.1) is 16.8 Å². The van der Waals surface area contributed by atoms with E-state index in [1.54, 1.807) is 18.2 Å². The van der Waals surface area contributed by atoms with Crippen LogP contribution in [0.15, 0.2) is 18.2 Å². The fourth-order valence-corrected chi connectivity index (χ4v) is 3.27. The molecule has 4 nitrogen and oxygen atoms in total. The van der Waals surface area contributed by atoms with Crippen LogP contribution in [0.3, 0.4) is 0 Å². The van der Waals surface area contributed by atoms with Gasteiger partial charge in [-0.15, -0.1) is 0 Å². The van der Waals surface area contributed by atoms with Crippen LogP contribution in [0.25, 0.3) is 0 Å². The minimum Gasteiger partial charge on any atom is -0.323 e. The second-order valence-corrected chi connectivity index (χ2v) is 7.14. The topological polar surface area (TPSA) is 35.6 Å². The van der Waals surface area contributed by atoms with Crippen molar-refractivity contribution in [1.82, 2.24) is 9.80 Å². The van der Waals surface area contributed by atoms with E-state index in [1.807, 2.05) is 6.92 Å². The van der Waals surface area contributed by atoms with E-state index in [-0.39, 0.29) is 11.9 Å². The minimum absolute atomic E-state index is 0.0429. The molecule has 1 fully saturated rings. The fraction of sp³-hybridized carbons (Fsp3) is 0.588. The molecule has 0 aliphatic carbocycles. The van der Waals surface area contributed by atoms with Gasteiger partial charge in [0.1, 0.15) is 0 Å². The SMILES string of the molecule is CCN(C)CC1CCN(C(C)C(=O)Nc2cc(Cl)ccc2Cl)C1. The number of hydrogen-bond acceptors (Lipinski definition) is 3. The van der Waals surface area contributed by atoms with Gasteiger partial charge in [-0.25, -0.2) is 0 Å². The number of nitrogens with one attached hydrogen (secondary N) is 1. The molecule has 6 heteroatoms. The van der Waals surface area contributed by atoms with Crippen LogP contribution in [0.1, 0.15) is 20.3 Å². The average molecular weight is 358 g/mol. The van der Waals surface area contributed by atoms with Crippen molar-refractivity contribution in [3.63, 3.8) is 0 Å². The molecule has 0 radical (unpaired) electrons. The molecule has 1 saturated heterocycles. The predicted molar refractivity (Wildman–Crippen MR) is 97.4 cm³/mol. The maximum absolute atomic E-state index is 12.5. The number of hydrogen-bond donors (Lipinski definition) is 1. The van der Waals surface area contributed by atoms with Crippen LogP contribution in [0.2, 0.25) is 10.0 Å². The molecule has 1 aliphatic rings. The average Bonchev–Trinajstić information content (AvgIpc) is 2.98. The third-order valence-electron chi connectivity index (χ3n) is 4.54. The lowest BCUT2D eigenvalue weighted by molar-refractivity contribution is -0.120. The van der Waals surface area contributed by atoms with E-state index in [2.05, 4.69) is 29.1 Å². The Morgan fingerprint density at radius 2 is 2.22 bits per heavy atom. The van der Waals surface area contributed by atoms with Gasteiger partial charge < -0.3 is 10.2 Å². The summed E-state index contributed by atoms with van der Waals surface area (Å²) in [5, 5.41) is 3.94. The standard InChI is InChI=1S/C17H25Cl2N3O/c1-4-21(3)10-13-7-8-22(11-13)12(2)17(23)20-16-9-14(18)5-6-15(16)19/h5-6,9,12-13H,4,7-8,10-11H2,1-3H3,(H,20,23). The Kier molecular flexibility index (Phi) is 6.72. The van der Waals surface area contributed by atoms with Gasteiger partial charge in [-0.1, -0.05) is 30.1 Å². The highest BCUT2D eigenvalue weighted by Crippen LogP contribution is 2.26. The number of benzene rings is 1. The molecule has 1 aromatic carbocycles. The van der Waals surface area contributed by atoms with Crippen molar-refractivity contribution in [2.24, 2.45) is 5.92 Å². The summed E-state index contributed by atoms with van der Waals surface area (Å²) < 4.78 is 0. The van der Waals surface area contributed by atoms with Crippen molar-refractivity contribution in [3.8, 4) is 0 Å². The van der Waals surface area contributed by atoms with Crippen molar-refractivity contribution < 1.29 is 4.79 Å². The van der Waals surface area contributed by atoms with E-state index in [9.17, 15) is 4.79 Å². The van der Waals surface area contributed by atoms with Gasteiger partial charge in [-0.2, -0.15) is 0 Å². The van der Waals surface area contributed by atoms with Gasteiger partial charge in [-0.05, 0) is 57.6 Å². The van der Waals surface area contributed by atoms with E-state index in [0.717, 1.165) is 32.6 Å². The number of carbonyl (C=O) groups excluding carboxylic acids is 1. The highest BCUT2D eigenvalue weighted by molar-refractivity contribution is 6.35. The molecule has 0 bridgehead atoms. The highest BCUT2D eigenvalue weighted by Gasteiger charge is 2.30. The van der Waals surface area contributed by atoms with Gasteiger partial charge in [0.25, 0.3) is 0 Å². The van der Waals surface area contributed by atoms with E-state index in [1.165, 1.54) is 0 Å². The summed E-state index contributed by atoms with van der Waals surface area (Å²) in [6, 6.07) is 4.90. The van der Waals surface area contributed by atoms with Crippen LogP contribution < -0.4 is 5.32 Å². The Hall–Kier alpha value is -0.810. The third kappa shape index (κ3) is 5.08. The molecule has 128 valence electrons. The maximum Gasteiger partial charge on any atom is 0.241 e. The van der Waals surface area contributed by atoms with Crippen LogP contribution in [-0.4, -0.2) is 55.0 Å². The molecule has 0 aromatic heterocycles.